The highest BCUT2D eigenvalue weighted by Crippen LogP contribution is 2.28. The first-order valence-corrected chi connectivity index (χ1v) is 11.3. The van der Waals surface area contributed by atoms with Crippen molar-refractivity contribution in [2.45, 2.75) is 43.5 Å². The van der Waals surface area contributed by atoms with Gasteiger partial charge in [-0.25, -0.2) is 8.42 Å². The molecule has 1 heterocycles. The first-order valence-electron chi connectivity index (χ1n) is 9.08. The number of hydrogen-bond donors (Lipinski definition) is 1. The summed E-state index contributed by atoms with van der Waals surface area (Å²) >= 11 is 3.32. The molecule has 0 bridgehead atoms. The van der Waals surface area contributed by atoms with E-state index < -0.39 is 10.0 Å². The maximum atomic E-state index is 12.9. The molecule has 2 fully saturated rings. The molecule has 8 heteroatoms. The van der Waals surface area contributed by atoms with Crippen molar-refractivity contribution in [3.05, 3.63) is 28.2 Å². The first-order chi connectivity index (χ1) is 12.4. The van der Waals surface area contributed by atoms with Gasteiger partial charge in [0.1, 0.15) is 0 Å². The normalized spacial score (nSPS) is 25.0. The molecule has 6 nitrogen and oxygen atoms in total. The number of carbonyl (C=O) groups excluding carboxylic acids is 1. The Labute approximate surface area is 163 Å². The number of benzene rings is 1. The second-order valence-corrected chi connectivity index (χ2v) is 9.76. The van der Waals surface area contributed by atoms with Gasteiger partial charge in [-0.1, -0.05) is 19.8 Å². The molecule has 3 rings (SSSR count). The Morgan fingerprint density at radius 3 is 2.62 bits per heavy atom. The SMILES string of the molecule is C[C@@H]1CCCC[C@H]1NC(=O)c1ccc(Br)c(S(=O)(=O)N2CCOCC2)c1. The summed E-state index contributed by atoms with van der Waals surface area (Å²) in [5.74, 6) is 0.231. The fourth-order valence-corrected chi connectivity index (χ4v) is 5.91. The molecule has 1 aliphatic heterocycles. The van der Waals surface area contributed by atoms with Crippen molar-refractivity contribution in [2.24, 2.45) is 5.92 Å². The molecule has 1 aromatic carbocycles. The zero-order chi connectivity index (χ0) is 18.7. The van der Waals surface area contributed by atoms with Crippen LogP contribution in [0.15, 0.2) is 27.6 Å². The van der Waals surface area contributed by atoms with Crippen LogP contribution < -0.4 is 5.32 Å². The molecular weight excluding hydrogens is 420 g/mol. The molecule has 2 aliphatic rings. The highest BCUT2D eigenvalue weighted by atomic mass is 79.9. The number of amides is 1. The fraction of sp³-hybridized carbons (Fsp3) is 0.611. The number of halogens is 1. The van der Waals surface area contributed by atoms with Crippen molar-refractivity contribution in [1.29, 1.82) is 0 Å². The van der Waals surface area contributed by atoms with Crippen LogP contribution in [0.2, 0.25) is 0 Å². The third-order valence-corrected chi connectivity index (χ3v) is 8.10. The molecule has 0 unspecified atom stereocenters. The predicted octanol–water partition coefficient (Wildman–Crippen LogP) is 2.78. The van der Waals surface area contributed by atoms with Gasteiger partial charge in [0.2, 0.25) is 10.0 Å². The number of morpholine rings is 1. The van der Waals surface area contributed by atoms with E-state index in [1.165, 1.54) is 16.8 Å². The van der Waals surface area contributed by atoms with Crippen molar-refractivity contribution in [1.82, 2.24) is 9.62 Å². The van der Waals surface area contributed by atoms with E-state index >= 15 is 0 Å². The molecule has 1 saturated heterocycles. The summed E-state index contributed by atoms with van der Waals surface area (Å²) in [4.78, 5) is 12.8. The lowest BCUT2D eigenvalue weighted by Crippen LogP contribution is -2.41. The molecule has 1 N–H and O–H groups in total. The fourth-order valence-electron chi connectivity index (χ4n) is 3.55. The van der Waals surface area contributed by atoms with Gasteiger partial charge in [-0.2, -0.15) is 4.31 Å². The molecule has 26 heavy (non-hydrogen) atoms. The van der Waals surface area contributed by atoms with Gasteiger partial charge in [0.15, 0.2) is 0 Å². The van der Waals surface area contributed by atoms with Gasteiger partial charge in [-0.3, -0.25) is 4.79 Å². The van der Waals surface area contributed by atoms with E-state index in [1.54, 1.807) is 12.1 Å². The van der Waals surface area contributed by atoms with Crippen LogP contribution in [-0.4, -0.2) is 51.0 Å². The minimum absolute atomic E-state index is 0.128. The van der Waals surface area contributed by atoms with Crippen LogP contribution in [0, 0.1) is 5.92 Å². The van der Waals surface area contributed by atoms with Crippen LogP contribution in [-0.2, 0) is 14.8 Å². The van der Waals surface area contributed by atoms with Crippen LogP contribution in [0.25, 0.3) is 0 Å². The molecule has 1 amide bonds. The van der Waals surface area contributed by atoms with E-state index in [4.69, 9.17) is 4.74 Å². The minimum Gasteiger partial charge on any atom is -0.379 e. The topological polar surface area (TPSA) is 75.7 Å². The van der Waals surface area contributed by atoms with Gasteiger partial charge >= 0.3 is 0 Å². The summed E-state index contributed by atoms with van der Waals surface area (Å²) in [5.41, 5.74) is 0.373. The second-order valence-electron chi connectivity index (χ2n) is 7.00. The van der Waals surface area contributed by atoms with Gasteiger partial charge in [0, 0.05) is 29.2 Å². The van der Waals surface area contributed by atoms with Gasteiger partial charge in [-0.15, -0.1) is 0 Å². The molecule has 0 aromatic heterocycles. The number of ether oxygens (including phenoxy) is 1. The lowest BCUT2D eigenvalue weighted by Gasteiger charge is -2.29. The average molecular weight is 445 g/mol. The standard InChI is InChI=1S/C18H25BrN2O4S/c1-13-4-2-3-5-16(13)20-18(22)14-6-7-15(19)17(12-14)26(23,24)21-8-10-25-11-9-21/h6-7,12-13,16H,2-5,8-11H2,1H3,(H,20,22)/t13-,16-/m1/s1. The Bertz CT molecular complexity index is 762. The largest absolute Gasteiger partial charge is 0.379 e. The molecule has 1 aromatic rings. The van der Waals surface area contributed by atoms with Crippen LogP contribution in [0.5, 0.6) is 0 Å². The Morgan fingerprint density at radius 1 is 1.23 bits per heavy atom. The zero-order valence-corrected chi connectivity index (χ0v) is 17.3. The van der Waals surface area contributed by atoms with Gasteiger partial charge < -0.3 is 10.1 Å². The minimum atomic E-state index is -3.67. The van der Waals surface area contributed by atoms with Crippen LogP contribution in [0.3, 0.4) is 0 Å². The molecule has 1 aliphatic carbocycles. The summed E-state index contributed by atoms with van der Waals surface area (Å²) in [6.45, 7) is 3.57. The Hall–Kier alpha value is -0.960. The van der Waals surface area contributed by atoms with Crippen LogP contribution >= 0.6 is 15.9 Å². The molecule has 0 spiro atoms. The van der Waals surface area contributed by atoms with E-state index in [0.717, 1.165) is 19.3 Å². The summed E-state index contributed by atoms with van der Waals surface area (Å²) in [7, 11) is -3.67. The zero-order valence-electron chi connectivity index (χ0n) is 14.9. The summed E-state index contributed by atoms with van der Waals surface area (Å²) in [6, 6.07) is 4.91. The monoisotopic (exact) mass is 444 g/mol. The third kappa shape index (κ3) is 4.30. The number of hydrogen-bond acceptors (Lipinski definition) is 4. The predicted molar refractivity (Wildman–Crippen MR) is 103 cm³/mol. The van der Waals surface area contributed by atoms with Gasteiger partial charge in [0.05, 0.1) is 18.1 Å². The Balaban J connectivity index is 1.81. The average Bonchev–Trinajstić information content (AvgIpc) is 2.64. The van der Waals surface area contributed by atoms with Gasteiger partial charge in [0.25, 0.3) is 5.91 Å². The molecule has 144 valence electrons. The molecule has 1 saturated carbocycles. The van der Waals surface area contributed by atoms with E-state index in [0.29, 0.717) is 42.3 Å². The van der Waals surface area contributed by atoms with Crippen molar-refractivity contribution < 1.29 is 17.9 Å². The third-order valence-electron chi connectivity index (χ3n) is 5.21. The van der Waals surface area contributed by atoms with Crippen LogP contribution in [0.1, 0.15) is 43.0 Å². The summed E-state index contributed by atoms with van der Waals surface area (Å²) in [5, 5.41) is 3.08. The molecule has 2 atom stereocenters. The molecular formula is C18H25BrN2O4S. The van der Waals surface area contributed by atoms with Crippen molar-refractivity contribution in [2.75, 3.05) is 26.3 Å². The number of sulfonamides is 1. The summed E-state index contributed by atoms with van der Waals surface area (Å²) < 4.78 is 33.0. The van der Waals surface area contributed by atoms with Crippen LogP contribution in [0.4, 0.5) is 0 Å². The van der Waals surface area contributed by atoms with Crippen molar-refractivity contribution in [3.8, 4) is 0 Å². The highest BCUT2D eigenvalue weighted by molar-refractivity contribution is 9.10. The maximum Gasteiger partial charge on any atom is 0.251 e. The molecule has 0 radical (unpaired) electrons. The van der Waals surface area contributed by atoms with E-state index in [9.17, 15) is 13.2 Å². The lowest BCUT2D eigenvalue weighted by atomic mass is 9.86. The number of nitrogens with one attached hydrogen (secondary N) is 1. The van der Waals surface area contributed by atoms with Crippen molar-refractivity contribution in [3.63, 3.8) is 0 Å². The number of carbonyl (C=O) groups is 1. The van der Waals surface area contributed by atoms with E-state index in [2.05, 4.69) is 28.2 Å². The quantitative estimate of drug-likeness (QED) is 0.774. The maximum absolute atomic E-state index is 12.9. The second kappa shape index (κ2) is 8.37. The van der Waals surface area contributed by atoms with E-state index in [-0.39, 0.29) is 16.8 Å². The lowest BCUT2D eigenvalue weighted by molar-refractivity contribution is 0.0730. The highest BCUT2D eigenvalue weighted by Gasteiger charge is 2.29. The van der Waals surface area contributed by atoms with E-state index in [1.807, 2.05) is 0 Å². The Morgan fingerprint density at radius 2 is 1.92 bits per heavy atom. The number of nitrogens with zero attached hydrogens (tertiary/aromatic N) is 1. The first kappa shape index (κ1) is 19.8. The Kier molecular flexibility index (Phi) is 6.37. The van der Waals surface area contributed by atoms with Crippen molar-refractivity contribution >= 4 is 31.9 Å². The summed E-state index contributed by atoms with van der Waals surface area (Å²) in [6.07, 6.45) is 4.41. The van der Waals surface area contributed by atoms with Gasteiger partial charge in [-0.05, 0) is 52.9 Å². The number of rotatable bonds is 4. The smallest absolute Gasteiger partial charge is 0.251 e.